The highest BCUT2D eigenvalue weighted by molar-refractivity contribution is 5.97. The molecule has 1 atom stereocenters. The molecule has 1 aromatic carbocycles. The van der Waals surface area contributed by atoms with Gasteiger partial charge in [-0.1, -0.05) is 6.92 Å². The van der Waals surface area contributed by atoms with Crippen molar-refractivity contribution in [2.24, 2.45) is 11.1 Å². The van der Waals surface area contributed by atoms with Gasteiger partial charge in [-0.05, 0) is 37.6 Å². The molecule has 5 nitrogen and oxygen atoms in total. The zero-order valence-corrected chi connectivity index (χ0v) is 11.6. The molecule has 0 aliphatic rings. The van der Waals surface area contributed by atoms with Crippen LogP contribution in [0.5, 0.6) is 0 Å². The van der Waals surface area contributed by atoms with Crippen LogP contribution >= 0.6 is 0 Å². The summed E-state index contributed by atoms with van der Waals surface area (Å²) in [7, 11) is 1.58. The van der Waals surface area contributed by atoms with E-state index in [1.54, 1.807) is 31.3 Å². The van der Waals surface area contributed by atoms with Gasteiger partial charge < -0.3 is 16.4 Å². The standard InChI is InChI=1S/C14H21N3O2/c1-4-14(2,9-15)13(19)17-11-7-5-10(6-8-11)12(18)16-3/h5-8H,4,9,15H2,1-3H3,(H,16,18)(H,17,19). The summed E-state index contributed by atoms with van der Waals surface area (Å²) in [6.45, 7) is 4.06. The maximum atomic E-state index is 12.1. The second-order valence-corrected chi connectivity index (χ2v) is 4.73. The van der Waals surface area contributed by atoms with E-state index in [1.165, 1.54) is 0 Å². The maximum absolute atomic E-state index is 12.1. The van der Waals surface area contributed by atoms with Gasteiger partial charge in [-0.15, -0.1) is 0 Å². The van der Waals surface area contributed by atoms with Gasteiger partial charge in [0, 0.05) is 24.8 Å². The lowest BCUT2D eigenvalue weighted by Crippen LogP contribution is -2.39. The Morgan fingerprint density at radius 2 is 1.84 bits per heavy atom. The Labute approximate surface area is 113 Å². The van der Waals surface area contributed by atoms with Gasteiger partial charge in [0.2, 0.25) is 5.91 Å². The van der Waals surface area contributed by atoms with E-state index >= 15 is 0 Å². The molecular formula is C14H21N3O2. The number of hydrogen-bond acceptors (Lipinski definition) is 3. The second kappa shape index (κ2) is 6.33. The summed E-state index contributed by atoms with van der Waals surface area (Å²) >= 11 is 0. The van der Waals surface area contributed by atoms with Crippen LogP contribution in [0.3, 0.4) is 0 Å². The highest BCUT2D eigenvalue weighted by Crippen LogP contribution is 2.22. The van der Waals surface area contributed by atoms with Crippen LogP contribution in [-0.4, -0.2) is 25.4 Å². The fourth-order valence-electron chi connectivity index (χ4n) is 1.53. The number of benzene rings is 1. The molecule has 0 radical (unpaired) electrons. The minimum absolute atomic E-state index is 0.106. The van der Waals surface area contributed by atoms with E-state index in [0.29, 0.717) is 24.2 Å². The number of carbonyl (C=O) groups is 2. The van der Waals surface area contributed by atoms with Gasteiger partial charge in [0.05, 0.1) is 5.41 Å². The molecule has 0 aliphatic heterocycles. The predicted octanol–water partition coefficient (Wildman–Crippen LogP) is 1.36. The maximum Gasteiger partial charge on any atom is 0.251 e. The van der Waals surface area contributed by atoms with Crippen molar-refractivity contribution < 1.29 is 9.59 Å². The van der Waals surface area contributed by atoms with Crippen LogP contribution in [0.2, 0.25) is 0 Å². The van der Waals surface area contributed by atoms with E-state index in [4.69, 9.17) is 5.73 Å². The first-order chi connectivity index (χ1) is 8.96. The smallest absolute Gasteiger partial charge is 0.251 e. The topological polar surface area (TPSA) is 84.2 Å². The molecule has 2 amide bonds. The highest BCUT2D eigenvalue weighted by Gasteiger charge is 2.29. The summed E-state index contributed by atoms with van der Waals surface area (Å²) in [6.07, 6.45) is 0.672. The van der Waals surface area contributed by atoms with Crippen LogP contribution in [-0.2, 0) is 4.79 Å². The largest absolute Gasteiger partial charge is 0.355 e. The van der Waals surface area contributed by atoms with Crippen molar-refractivity contribution in [2.45, 2.75) is 20.3 Å². The van der Waals surface area contributed by atoms with E-state index in [-0.39, 0.29) is 11.8 Å². The lowest BCUT2D eigenvalue weighted by atomic mass is 9.86. The van der Waals surface area contributed by atoms with E-state index < -0.39 is 5.41 Å². The lowest BCUT2D eigenvalue weighted by molar-refractivity contribution is -0.124. The number of amides is 2. The molecule has 1 rings (SSSR count). The number of carbonyl (C=O) groups excluding carboxylic acids is 2. The van der Waals surface area contributed by atoms with Crippen molar-refractivity contribution in [3.05, 3.63) is 29.8 Å². The predicted molar refractivity (Wildman–Crippen MR) is 75.9 cm³/mol. The molecule has 19 heavy (non-hydrogen) atoms. The van der Waals surface area contributed by atoms with Crippen molar-refractivity contribution in [1.29, 1.82) is 0 Å². The third-order valence-corrected chi connectivity index (χ3v) is 3.41. The van der Waals surface area contributed by atoms with Gasteiger partial charge in [-0.2, -0.15) is 0 Å². The van der Waals surface area contributed by atoms with Crippen molar-refractivity contribution >= 4 is 17.5 Å². The quantitative estimate of drug-likeness (QED) is 0.750. The summed E-state index contributed by atoms with van der Waals surface area (Å²) < 4.78 is 0. The second-order valence-electron chi connectivity index (χ2n) is 4.73. The molecule has 1 unspecified atom stereocenters. The Hall–Kier alpha value is -1.88. The van der Waals surface area contributed by atoms with Gasteiger partial charge in [0.1, 0.15) is 0 Å². The number of rotatable bonds is 5. The molecule has 0 heterocycles. The molecule has 0 saturated heterocycles. The van der Waals surface area contributed by atoms with Gasteiger partial charge in [0.25, 0.3) is 5.91 Å². The number of anilines is 1. The van der Waals surface area contributed by atoms with Crippen molar-refractivity contribution in [3.63, 3.8) is 0 Å². The molecule has 0 spiro atoms. The minimum Gasteiger partial charge on any atom is -0.355 e. The first-order valence-electron chi connectivity index (χ1n) is 6.30. The summed E-state index contributed by atoms with van der Waals surface area (Å²) in [5.74, 6) is -0.261. The summed E-state index contributed by atoms with van der Waals surface area (Å²) in [5, 5.41) is 5.36. The Morgan fingerprint density at radius 1 is 1.26 bits per heavy atom. The normalized spacial score (nSPS) is 13.5. The van der Waals surface area contributed by atoms with Gasteiger partial charge in [0.15, 0.2) is 0 Å². The average molecular weight is 263 g/mol. The monoisotopic (exact) mass is 263 g/mol. The summed E-state index contributed by atoms with van der Waals surface area (Å²) in [5.41, 5.74) is 6.28. The molecule has 4 N–H and O–H groups in total. The van der Waals surface area contributed by atoms with E-state index in [9.17, 15) is 9.59 Å². The SMILES string of the molecule is CCC(C)(CN)C(=O)Nc1ccc(C(=O)NC)cc1. The minimum atomic E-state index is -0.570. The summed E-state index contributed by atoms with van der Waals surface area (Å²) in [6, 6.07) is 6.74. The van der Waals surface area contributed by atoms with Crippen molar-refractivity contribution in [1.82, 2.24) is 5.32 Å². The Bertz CT molecular complexity index is 450. The van der Waals surface area contributed by atoms with Crippen LogP contribution < -0.4 is 16.4 Å². The van der Waals surface area contributed by atoms with Crippen molar-refractivity contribution in [2.75, 3.05) is 18.9 Å². The van der Waals surface area contributed by atoms with Gasteiger partial charge >= 0.3 is 0 Å². The molecule has 0 aromatic heterocycles. The highest BCUT2D eigenvalue weighted by atomic mass is 16.2. The molecule has 0 saturated carbocycles. The Morgan fingerprint density at radius 3 is 2.26 bits per heavy atom. The number of hydrogen-bond donors (Lipinski definition) is 3. The third kappa shape index (κ3) is 3.54. The van der Waals surface area contributed by atoms with Gasteiger partial charge in [-0.3, -0.25) is 9.59 Å². The first kappa shape index (κ1) is 15.2. The van der Waals surface area contributed by atoms with Crippen LogP contribution in [0.1, 0.15) is 30.6 Å². The van der Waals surface area contributed by atoms with Crippen molar-refractivity contribution in [3.8, 4) is 0 Å². The van der Waals surface area contributed by atoms with Crippen LogP contribution in [0.15, 0.2) is 24.3 Å². The van der Waals surface area contributed by atoms with Crippen LogP contribution in [0.25, 0.3) is 0 Å². The Kier molecular flexibility index (Phi) is 5.06. The molecular weight excluding hydrogens is 242 g/mol. The fraction of sp³-hybridized carbons (Fsp3) is 0.429. The zero-order chi connectivity index (χ0) is 14.5. The summed E-state index contributed by atoms with van der Waals surface area (Å²) in [4.78, 5) is 23.5. The molecule has 5 heteroatoms. The average Bonchev–Trinajstić information content (AvgIpc) is 2.46. The van der Waals surface area contributed by atoms with Crippen LogP contribution in [0.4, 0.5) is 5.69 Å². The van der Waals surface area contributed by atoms with Gasteiger partial charge in [-0.25, -0.2) is 0 Å². The van der Waals surface area contributed by atoms with E-state index in [0.717, 1.165) is 0 Å². The van der Waals surface area contributed by atoms with E-state index in [2.05, 4.69) is 10.6 Å². The third-order valence-electron chi connectivity index (χ3n) is 3.41. The lowest BCUT2D eigenvalue weighted by Gasteiger charge is -2.24. The number of nitrogens with two attached hydrogens (primary N) is 1. The molecule has 104 valence electrons. The first-order valence-corrected chi connectivity index (χ1v) is 6.30. The van der Waals surface area contributed by atoms with Crippen LogP contribution in [0, 0.1) is 5.41 Å². The molecule has 0 bridgehead atoms. The zero-order valence-electron chi connectivity index (χ0n) is 11.6. The fourth-order valence-corrected chi connectivity index (χ4v) is 1.53. The van der Waals surface area contributed by atoms with E-state index in [1.807, 2.05) is 13.8 Å². The molecule has 0 fully saturated rings. The molecule has 1 aromatic rings. The Balaban J connectivity index is 2.78. The number of nitrogens with one attached hydrogen (secondary N) is 2. The molecule has 0 aliphatic carbocycles.